The molecule has 0 aliphatic heterocycles. The summed E-state index contributed by atoms with van der Waals surface area (Å²) in [7, 11) is 0. The number of rotatable bonds is 14. The minimum Gasteiger partial charge on any atom is -0.490 e. The normalized spacial score (nSPS) is 10.7. The molecule has 0 heterocycles. The number of hydrazone groups is 1. The molecule has 9 heteroatoms. The van der Waals surface area contributed by atoms with Crippen molar-refractivity contribution in [3.63, 3.8) is 0 Å². The topological polar surface area (TPSA) is 116 Å². The van der Waals surface area contributed by atoms with Gasteiger partial charge in [0.2, 0.25) is 0 Å². The van der Waals surface area contributed by atoms with Gasteiger partial charge in [0.25, 0.3) is 5.91 Å². The number of aromatic carboxylic acids is 1. The minimum absolute atomic E-state index is 0.212. The molecule has 0 radical (unpaired) electrons. The van der Waals surface area contributed by atoms with E-state index in [4.69, 9.17) is 24.1 Å². The first-order chi connectivity index (χ1) is 20.5. The molecule has 4 aromatic rings. The number of carbonyl (C=O) groups is 2. The molecule has 0 saturated carbocycles. The van der Waals surface area contributed by atoms with Gasteiger partial charge in [-0.05, 0) is 79.1 Å². The minimum atomic E-state index is -0.980. The number of hydrogen-bond acceptors (Lipinski definition) is 7. The molecule has 0 unspecified atom stereocenters. The molecule has 0 saturated heterocycles. The largest absolute Gasteiger partial charge is 0.490 e. The Morgan fingerprint density at radius 3 is 1.88 bits per heavy atom. The Labute approximate surface area is 244 Å². The molecule has 2 N–H and O–H groups in total. The highest BCUT2D eigenvalue weighted by molar-refractivity contribution is 5.95. The van der Waals surface area contributed by atoms with Crippen molar-refractivity contribution in [3.05, 3.63) is 119 Å². The van der Waals surface area contributed by atoms with Gasteiger partial charge in [-0.2, -0.15) is 5.10 Å². The fraction of sp³-hybridized carbons (Fsp3) is 0.182. The summed E-state index contributed by atoms with van der Waals surface area (Å²) in [5, 5.41) is 13.2. The zero-order valence-electron chi connectivity index (χ0n) is 23.4. The summed E-state index contributed by atoms with van der Waals surface area (Å²) in [5.41, 5.74) is 5.66. The van der Waals surface area contributed by atoms with Crippen LogP contribution in [0.2, 0.25) is 0 Å². The van der Waals surface area contributed by atoms with E-state index in [-0.39, 0.29) is 12.2 Å². The third-order valence-corrected chi connectivity index (χ3v) is 5.99. The van der Waals surface area contributed by atoms with E-state index in [0.717, 1.165) is 11.1 Å². The number of carbonyl (C=O) groups excluding carboxylic acids is 1. The predicted octanol–water partition coefficient (Wildman–Crippen LogP) is 6.10. The van der Waals surface area contributed by atoms with Crippen molar-refractivity contribution in [1.29, 1.82) is 0 Å². The van der Waals surface area contributed by atoms with Gasteiger partial charge >= 0.3 is 5.97 Å². The fourth-order valence-electron chi connectivity index (χ4n) is 3.90. The van der Waals surface area contributed by atoms with Gasteiger partial charge in [-0.1, -0.05) is 42.5 Å². The van der Waals surface area contributed by atoms with Crippen molar-refractivity contribution >= 4 is 18.1 Å². The number of carboxylic acids is 1. The van der Waals surface area contributed by atoms with E-state index in [1.807, 2.05) is 44.2 Å². The molecule has 0 aliphatic carbocycles. The lowest BCUT2D eigenvalue weighted by Gasteiger charge is -2.13. The second kappa shape index (κ2) is 14.9. The van der Waals surface area contributed by atoms with Gasteiger partial charge in [-0.3, -0.25) is 4.79 Å². The third kappa shape index (κ3) is 8.34. The Kier molecular flexibility index (Phi) is 10.5. The number of carboxylic acid groups (broad SMARTS) is 1. The summed E-state index contributed by atoms with van der Waals surface area (Å²) >= 11 is 0. The van der Waals surface area contributed by atoms with E-state index >= 15 is 0 Å². The number of nitrogens with one attached hydrogen (secondary N) is 1. The van der Waals surface area contributed by atoms with Crippen molar-refractivity contribution in [3.8, 4) is 23.0 Å². The summed E-state index contributed by atoms with van der Waals surface area (Å²) in [5.74, 6) is 0.678. The van der Waals surface area contributed by atoms with Gasteiger partial charge in [-0.25, -0.2) is 10.2 Å². The number of nitrogens with zero attached hydrogens (tertiary/aromatic N) is 1. The summed E-state index contributed by atoms with van der Waals surface area (Å²) in [6.45, 7) is 5.19. The Morgan fingerprint density at radius 2 is 1.26 bits per heavy atom. The summed E-state index contributed by atoms with van der Waals surface area (Å²) in [6, 6.07) is 26.5. The highest BCUT2D eigenvalue weighted by Gasteiger charge is 2.12. The Bertz CT molecular complexity index is 1520. The average Bonchev–Trinajstić information content (AvgIpc) is 3.01. The molecule has 4 aromatic carbocycles. The number of benzene rings is 4. The molecule has 4 rings (SSSR count). The predicted molar refractivity (Wildman–Crippen MR) is 159 cm³/mol. The highest BCUT2D eigenvalue weighted by atomic mass is 16.5. The van der Waals surface area contributed by atoms with Crippen LogP contribution in [0.15, 0.2) is 96.1 Å². The van der Waals surface area contributed by atoms with E-state index in [1.165, 1.54) is 18.3 Å². The van der Waals surface area contributed by atoms with Crippen LogP contribution in [-0.4, -0.2) is 36.4 Å². The quantitative estimate of drug-likeness (QED) is 0.139. The number of amides is 1. The van der Waals surface area contributed by atoms with Crippen molar-refractivity contribution in [2.75, 3.05) is 13.2 Å². The first-order valence-electron chi connectivity index (χ1n) is 13.5. The monoisotopic (exact) mass is 568 g/mol. The smallest absolute Gasteiger partial charge is 0.335 e. The molecule has 0 aliphatic rings. The maximum atomic E-state index is 12.8. The maximum Gasteiger partial charge on any atom is 0.335 e. The van der Waals surface area contributed by atoms with Crippen LogP contribution in [-0.2, 0) is 13.2 Å². The van der Waals surface area contributed by atoms with E-state index < -0.39 is 11.9 Å². The number of hydrogen-bond donors (Lipinski definition) is 2. The van der Waals surface area contributed by atoms with Crippen LogP contribution in [0.3, 0.4) is 0 Å². The molecule has 0 bridgehead atoms. The molecule has 0 spiro atoms. The second-order valence-electron chi connectivity index (χ2n) is 9.00. The van der Waals surface area contributed by atoms with Gasteiger partial charge in [0.05, 0.1) is 25.0 Å². The lowest BCUT2D eigenvalue weighted by atomic mass is 10.1. The van der Waals surface area contributed by atoms with E-state index in [9.17, 15) is 9.59 Å². The molecular weight excluding hydrogens is 536 g/mol. The summed E-state index contributed by atoms with van der Waals surface area (Å²) < 4.78 is 23.3. The maximum absolute atomic E-state index is 12.8. The molecule has 9 nitrogen and oxygen atoms in total. The Morgan fingerprint density at radius 1 is 0.690 bits per heavy atom. The zero-order chi connectivity index (χ0) is 29.7. The van der Waals surface area contributed by atoms with Crippen LogP contribution in [0, 0.1) is 0 Å². The van der Waals surface area contributed by atoms with Crippen molar-refractivity contribution < 1.29 is 33.6 Å². The summed E-state index contributed by atoms with van der Waals surface area (Å²) in [6.07, 6.45) is 1.51. The molecule has 0 atom stereocenters. The van der Waals surface area contributed by atoms with Gasteiger partial charge in [-0.15, -0.1) is 0 Å². The SMILES string of the molecule is CCOc1cc(/C=N/NC(=O)c2ccc(OCc3ccccc3)c(OCC)c2)ccc1OCc1ccc(C(=O)O)cc1. The third-order valence-electron chi connectivity index (χ3n) is 5.99. The molecule has 0 fully saturated rings. The van der Waals surface area contributed by atoms with E-state index in [0.29, 0.717) is 53.9 Å². The van der Waals surface area contributed by atoms with E-state index in [2.05, 4.69) is 10.5 Å². The van der Waals surface area contributed by atoms with Crippen molar-refractivity contribution in [2.45, 2.75) is 27.1 Å². The lowest BCUT2D eigenvalue weighted by molar-refractivity contribution is 0.0696. The van der Waals surface area contributed by atoms with Gasteiger partial charge < -0.3 is 24.1 Å². The molecule has 0 aromatic heterocycles. The van der Waals surface area contributed by atoms with Gasteiger partial charge in [0.1, 0.15) is 13.2 Å². The standard InChI is InChI=1S/C33H32N2O7/c1-3-39-30-18-25(12-16-28(30)42-22-24-10-13-26(14-11-24)33(37)38)20-34-35-32(36)27-15-17-29(31(19-27)40-4-2)41-21-23-8-6-5-7-9-23/h5-20H,3-4,21-22H2,1-2H3,(H,35,36)(H,37,38)/b34-20+. The Hall–Kier alpha value is -5.31. The molecule has 42 heavy (non-hydrogen) atoms. The first kappa shape index (κ1) is 29.7. The zero-order valence-corrected chi connectivity index (χ0v) is 23.4. The van der Waals surface area contributed by atoms with Crippen LogP contribution >= 0.6 is 0 Å². The summed E-state index contributed by atoms with van der Waals surface area (Å²) in [4.78, 5) is 23.8. The van der Waals surface area contributed by atoms with Crippen LogP contribution in [0.5, 0.6) is 23.0 Å². The number of ether oxygens (including phenoxy) is 4. The molecular formula is C33H32N2O7. The lowest BCUT2D eigenvalue weighted by Crippen LogP contribution is -2.17. The van der Waals surface area contributed by atoms with Gasteiger partial charge in [0.15, 0.2) is 23.0 Å². The highest BCUT2D eigenvalue weighted by Crippen LogP contribution is 2.30. The van der Waals surface area contributed by atoms with Crippen molar-refractivity contribution in [2.24, 2.45) is 5.10 Å². The van der Waals surface area contributed by atoms with E-state index in [1.54, 1.807) is 48.5 Å². The van der Waals surface area contributed by atoms with Gasteiger partial charge in [0, 0.05) is 5.56 Å². The van der Waals surface area contributed by atoms with Crippen LogP contribution in [0.1, 0.15) is 51.3 Å². The average molecular weight is 569 g/mol. The Balaban J connectivity index is 1.37. The van der Waals surface area contributed by atoms with Crippen LogP contribution < -0.4 is 24.4 Å². The molecule has 216 valence electrons. The second-order valence-corrected chi connectivity index (χ2v) is 9.00. The van der Waals surface area contributed by atoms with Crippen LogP contribution in [0.25, 0.3) is 0 Å². The van der Waals surface area contributed by atoms with Crippen LogP contribution in [0.4, 0.5) is 0 Å². The fourth-order valence-corrected chi connectivity index (χ4v) is 3.90. The van der Waals surface area contributed by atoms with Crippen molar-refractivity contribution in [1.82, 2.24) is 5.43 Å². The molecule has 1 amide bonds. The first-order valence-corrected chi connectivity index (χ1v) is 13.5.